The third kappa shape index (κ3) is 5.04. The Morgan fingerprint density at radius 3 is 1.93 bits per heavy atom. The molecular formula is C48H29N5O. The van der Waals surface area contributed by atoms with Crippen molar-refractivity contribution in [2.45, 2.75) is 0 Å². The Labute approximate surface area is 309 Å². The molecule has 0 aliphatic rings. The molecular weight excluding hydrogens is 663 g/mol. The molecule has 6 heteroatoms. The summed E-state index contributed by atoms with van der Waals surface area (Å²) in [7, 11) is 0. The van der Waals surface area contributed by atoms with Crippen molar-refractivity contribution in [2.24, 2.45) is 0 Å². The summed E-state index contributed by atoms with van der Waals surface area (Å²) in [5.41, 5.74) is 11.2. The maximum Gasteiger partial charge on any atom is 0.160 e. The molecule has 0 N–H and O–H groups in total. The summed E-state index contributed by atoms with van der Waals surface area (Å²) in [6.45, 7) is 0. The lowest BCUT2D eigenvalue weighted by Gasteiger charge is -2.12. The Kier molecular flexibility index (Phi) is 6.75. The first-order valence-corrected chi connectivity index (χ1v) is 18.0. The van der Waals surface area contributed by atoms with E-state index in [0.29, 0.717) is 5.82 Å². The molecule has 54 heavy (non-hydrogen) atoms. The Morgan fingerprint density at radius 2 is 1.06 bits per heavy atom. The molecule has 3 aromatic heterocycles. The van der Waals surface area contributed by atoms with E-state index in [1.807, 2.05) is 66.7 Å². The first-order chi connectivity index (χ1) is 26.7. The van der Waals surface area contributed by atoms with E-state index >= 15 is 0 Å². The zero-order valence-electron chi connectivity index (χ0n) is 28.9. The minimum absolute atomic E-state index is 0.642. The SMILES string of the molecule is c1ccc(-c2cccc(-c3cc(-c4ccc5oc6ccccc6c5c4)nc(-c4ccc5ccc6ccc7nn(-c8ccccc8)nc7c6c5c4)n3)c2)cc1. The molecule has 0 aliphatic heterocycles. The molecule has 0 amide bonds. The molecule has 0 spiro atoms. The van der Waals surface area contributed by atoms with Crippen LogP contribution in [-0.4, -0.2) is 25.0 Å². The summed E-state index contributed by atoms with van der Waals surface area (Å²) < 4.78 is 6.17. The Morgan fingerprint density at radius 1 is 0.407 bits per heavy atom. The van der Waals surface area contributed by atoms with E-state index in [9.17, 15) is 0 Å². The highest BCUT2D eigenvalue weighted by Gasteiger charge is 2.16. The molecule has 11 rings (SSSR count). The Bertz CT molecular complexity index is 3220. The van der Waals surface area contributed by atoms with Gasteiger partial charge in [-0.1, -0.05) is 115 Å². The fraction of sp³-hybridized carbons (Fsp3) is 0. The van der Waals surface area contributed by atoms with Crippen LogP contribution in [0, 0.1) is 0 Å². The topological polar surface area (TPSA) is 69.6 Å². The molecule has 0 radical (unpaired) electrons. The zero-order chi connectivity index (χ0) is 35.6. The fourth-order valence-corrected chi connectivity index (χ4v) is 7.58. The predicted molar refractivity (Wildman–Crippen MR) is 218 cm³/mol. The van der Waals surface area contributed by atoms with Crippen molar-refractivity contribution in [1.29, 1.82) is 0 Å². The largest absolute Gasteiger partial charge is 0.456 e. The monoisotopic (exact) mass is 691 g/mol. The number of rotatable bonds is 5. The first kappa shape index (κ1) is 30.2. The second-order valence-electron chi connectivity index (χ2n) is 13.6. The number of nitrogens with zero attached hydrogens (tertiary/aromatic N) is 5. The van der Waals surface area contributed by atoms with E-state index < -0.39 is 0 Å². The number of furan rings is 1. The van der Waals surface area contributed by atoms with Crippen LogP contribution >= 0.6 is 0 Å². The lowest BCUT2D eigenvalue weighted by molar-refractivity contribution is 0.669. The lowest BCUT2D eigenvalue weighted by atomic mass is 9.98. The number of fused-ring (bicyclic) bond motifs is 8. The summed E-state index contributed by atoms with van der Waals surface area (Å²) in [6, 6.07) is 60.6. The van der Waals surface area contributed by atoms with E-state index in [1.165, 1.54) is 0 Å². The maximum atomic E-state index is 6.17. The molecule has 0 aliphatic carbocycles. The van der Waals surface area contributed by atoms with Crippen LogP contribution in [0.1, 0.15) is 0 Å². The van der Waals surface area contributed by atoms with Gasteiger partial charge in [0.2, 0.25) is 0 Å². The standard InChI is InChI=1S/C48H29N5O/c1-3-10-30(11-4-1)33-12-9-13-34(26-33)42-29-43(35-23-25-45-40(27-35)38-16-7-8-17-44(38)54-45)50-48(49-42)36-21-19-31-18-20-32-22-24-41-47(46(32)39(31)28-36)52-53(51-41)37-14-5-2-6-15-37/h1-29H. The molecule has 8 aromatic carbocycles. The van der Waals surface area contributed by atoms with Gasteiger partial charge in [-0.2, -0.15) is 4.80 Å². The number of para-hydroxylation sites is 2. The number of hydrogen-bond donors (Lipinski definition) is 0. The Hall–Kier alpha value is -7.44. The van der Waals surface area contributed by atoms with E-state index in [2.05, 4.69) is 109 Å². The van der Waals surface area contributed by atoms with Crippen molar-refractivity contribution < 1.29 is 4.42 Å². The van der Waals surface area contributed by atoms with Crippen molar-refractivity contribution >= 4 is 54.5 Å². The molecule has 3 heterocycles. The average Bonchev–Trinajstić information content (AvgIpc) is 3.86. The van der Waals surface area contributed by atoms with Gasteiger partial charge >= 0.3 is 0 Å². The van der Waals surface area contributed by atoms with Crippen LogP contribution in [0.3, 0.4) is 0 Å². The van der Waals surface area contributed by atoms with Crippen LogP contribution in [0.15, 0.2) is 180 Å². The number of benzene rings is 8. The van der Waals surface area contributed by atoms with Crippen molar-refractivity contribution in [1.82, 2.24) is 25.0 Å². The summed E-state index contributed by atoms with van der Waals surface area (Å²) in [6.07, 6.45) is 0. The van der Waals surface area contributed by atoms with E-state index in [-0.39, 0.29) is 0 Å². The molecule has 11 aromatic rings. The molecule has 0 atom stereocenters. The molecule has 0 unspecified atom stereocenters. The minimum Gasteiger partial charge on any atom is -0.456 e. The maximum absolute atomic E-state index is 6.17. The number of aromatic nitrogens is 5. The van der Waals surface area contributed by atoms with E-state index in [0.717, 1.165) is 99.4 Å². The Balaban J connectivity index is 1.12. The molecule has 252 valence electrons. The summed E-state index contributed by atoms with van der Waals surface area (Å²) in [5.74, 6) is 0.642. The summed E-state index contributed by atoms with van der Waals surface area (Å²) in [4.78, 5) is 12.3. The molecule has 0 saturated heterocycles. The summed E-state index contributed by atoms with van der Waals surface area (Å²) >= 11 is 0. The van der Waals surface area contributed by atoms with Gasteiger partial charge in [0.1, 0.15) is 22.2 Å². The van der Waals surface area contributed by atoms with Gasteiger partial charge in [-0.25, -0.2) is 9.97 Å². The fourth-order valence-electron chi connectivity index (χ4n) is 7.58. The van der Waals surface area contributed by atoms with Gasteiger partial charge in [0.05, 0.1) is 17.1 Å². The summed E-state index contributed by atoms with van der Waals surface area (Å²) in [5, 5.41) is 16.3. The van der Waals surface area contributed by atoms with Gasteiger partial charge in [0.25, 0.3) is 0 Å². The highest BCUT2D eigenvalue weighted by atomic mass is 16.3. The second-order valence-corrected chi connectivity index (χ2v) is 13.6. The van der Waals surface area contributed by atoms with Crippen LogP contribution in [-0.2, 0) is 0 Å². The zero-order valence-corrected chi connectivity index (χ0v) is 28.9. The van der Waals surface area contributed by atoms with Gasteiger partial charge in [0.15, 0.2) is 5.82 Å². The van der Waals surface area contributed by atoms with Crippen LogP contribution in [0.4, 0.5) is 0 Å². The quantitative estimate of drug-likeness (QED) is 0.168. The molecule has 0 saturated carbocycles. The van der Waals surface area contributed by atoms with Crippen molar-refractivity contribution in [2.75, 3.05) is 0 Å². The normalized spacial score (nSPS) is 11.7. The molecule has 0 fully saturated rings. The van der Waals surface area contributed by atoms with Crippen molar-refractivity contribution in [3.63, 3.8) is 0 Å². The van der Waals surface area contributed by atoms with Crippen LogP contribution < -0.4 is 0 Å². The third-order valence-electron chi connectivity index (χ3n) is 10.3. The highest BCUT2D eigenvalue weighted by molar-refractivity contribution is 6.19. The van der Waals surface area contributed by atoms with Gasteiger partial charge < -0.3 is 4.42 Å². The van der Waals surface area contributed by atoms with Crippen LogP contribution in [0.25, 0.3) is 105 Å². The van der Waals surface area contributed by atoms with Gasteiger partial charge in [-0.15, -0.1) is 10.2 Å². The van der Waals surface area contributed by atoms with Gasteiger partial charge in [0, 0.05) is 32.8 Å². The predicted octanol–water partition coefficient (Wildman–Crippen LogP) is 12.1. The number of hydrogen-bond acceptors (Lipinski definition) is 5. The first-order valence-electron chi connectivity index (χ1n) is 18.0. The van der Waals surface area contributed by atoms with Crippen LogP contribution in [0.2, 0.25) is 0 Å². The molecule has 6 nitrogen and oxygen atoms in total. The van der Waals surface area contributed by atoms with E-state index in [4.69, 9.17) is 24.6 Å². The second kappa shape index (κ2) is 12.1. The van der Waals surface area contributed by atoms with Crippen LogP contribution in [0.5, 0.6) is 0 Å². The van der Waals surface area contributed by atoms with Crippen molar-refractivity contribution in [3.8, 4) is 50.7 Å². The van der Waals surface area contributed by atoms with Crippen molar-refractivity contribution in [3.05, 3.63) is 176 Å². The molecule has 0 bridgehead atoms. The van der Waals surface area contributed by atoms with E-state index in [1.54, 1.807) is 4.80 Å². The smallest absolute Gasteiger partial charge is 0.160 e. The van der Waals surface area contributed by atoms with Gasteiger partial charge in [-0.05, 0) is 87.9 Å². The highest BCUT2D eigenvalue weighted by Crippen LogP contribution is 2.37. The van der Waals surface area contributed by atoms with Gasteiger partial charge in [-0.3, -0.25) is 0 Å². The average molecular weight is 692 g/mol. The lowest BCUT2D eigenvalue weighted by Crippen LogP contribution is -1.97. The third-order valence-corrected chi connectivity index (χ3v) is 10.3. The minimum atomic E-state index is 0.642.